The summed E-state index contributed by atoms with van der Waals surface area (Å²) in [5.41, 5.74) is 2.43. The lowest BCUT2D eigenvalue weighted by atomic mass is 9.90. The highest BCUT2D eigenvalue weighted by Gasteiger charge is 2.44. The van der Waals surface area contributed by atoms with Crippen molar-refractivity contribution in [2.45, 2.75) is 37.9 Å². The number of benzene rings is 2. The molecule has 1 aliphatic rings. The van der Waals surface area contributed by atoms with E-state index in [1.165, 1.54) is 0 Å². The predicted octanol–water partition coefficient (Wildman–Crippen LogP) is 3.70. The number of hydrogen-bond acceptors (Lipinski definition) is 6. The highest BCUT2D eigenvalue weighted by Crippen LogP contribution is 2.38. The first-order chi connectivity index (χ1) is 16.5. The van der Waals surface area contributed by atoms with E-state index >= 15 is 0 Å². The van der Waals surface area contributed by atoms with Gasteiger partial charge in [-0.3, -0.25) is 4.79 Å². The molecule has 182 valence electrons. The molecule has 0 aromatic heterocycles. The summed E-state index contributed by atoms with van der Waals surface area (Å²) < 4.78 is 11.0. The number of carbonyl (C=O) groups is 2. The molecule has 1 aliphatic carbocycles. The molecular formula is C27H32O7. The Morgan fingerprint density at radius 2 is 1.71 bits per heavy atom. The lowest BCUT2D eigenvalue weighted by Crippen LogP contribution is -2.26. The largest absolute Gasteiger partial charge is 0.481 e. The molecular weight excluding hydrogens is 436 g/mol. The number of aliphatic hydroxyl groups is 2. The molecule has 3 rings (SSSR count). The minimum Gasteiger partial charge on any atom is -0.481 e. The van der Waals surface area contributed by atoms with Gasteiger partial charge in [0.05, 0.1) is 31.3 Å². The van der Waals surface area contributed by atoms with Gasteiger partial charge in [-0.05, 0) is 36.1 Å². The summed E-state index contributed by atoms with van der Waals surface area (Å²) in [6.07, 6.45) is 3.73. The molecule has 2 aromatic rings. The fourth-order valence-electron chi connectivity index (χ4n) is 4.33. The first-order valence-electron chi connectivity index (χ1n) is 11.6. The second-order valence-electron chi connectivity index (χ2n) is 8.44. The van der Waals surface area contributed by atoms with Gasteiger partial charge in [0, 0.05) is 24.9 Å². The molecule has 1 fully saturated rings. The monoisotopic (exact) mass is 468 g/mol. The zero-order chi connectivity index (χ0) is 24.3. The normalized spacial score (nSPS) is 22.2. The molecule has 34 heavy (non-hydrogen) atoms. The van der Waals surface area contributed by atoms with Crippen molar-refractivity contribution in [1.29, 1.82) is 0 Å². The van der Waals surface area contributed by atoms with Crippen molar-refractivity contribution in [1.82, 2.24) is 0 Å². The van der Waals surface area contributed by atoms with E-state index in [2.05, 4.69) is 0 Å². The third-order valence-corrected chi connectivity index (χ3v) is 6.04. The van der Waals surface area contributed by atoms with Crippen LogP contribution in [0, 0.1) is 11.8 Å². The Hall–Kier alpha value is -3.00. The quantitative estimate of drug-likeness (QED) is 0.247. The summed E-state index contributed by atoms with van der Waals surface area (Å²) in [6.45, 7) is 0.784. The molecule has 7 nitrogen and oxygen atoms in total. The van der Waals surface area contributed by atoms with Gasteiger partial charge in [-0.1, -0.05) is 54.6 Å². The fourth-order valence-corrected chi connectivity index (χ4v) is 4.33. The van der Waals surface area contributed by atoms with Crippen LogP contribution in [0.2, 0.25) is 0 Å². The Kier molecular flexibility index (Phi) is 9.82. The molecule has 0 saturated heterocycles. The molecule has 0 heterocycles. The van der Waals surface area contributed by atoms with E-state index in [-0.39, 0.29) is 19.4 Å². The van der Waals surface area contributed by atoms with Gasteiger partial charge in [-0.2, -0.15) is 0 Å². The smallest absolute Gasteiger partial charge is 0.338 e. The summed E-state index contributed by atoms with van der Waals surface area (Å²) in [7, 11) is 0. The van der Waals surface area contributed by atoms with Crippen LogP contribution in [0.25, 0.3) is 11.1 Å². The first kappa shape index (κ1) is 25.6. The van der Waals surface area contributed by atoms with Crippen molar-refractivity contribution < 1.29 is 34.4 Å². The summed E-state index contributed by atoms with van der Waals surface area (Å²) >= 11 is 0. The maximum atomic E-state index is 12.8. The number of allylic oxidation sites excluding steroid dienone is 1. The number of aliphatic hydroxyl groups excluding tert-OH is 2. The van der Waals surface area contributed by atoms with Crippen LogP contribution in [0.15, 0.2) is 66.7 Å². The van der Waals surface area contributed by atoms with Gasteiger partial charge in [0.2, 0.25) is 0 Å². The van der Waals surface area contributed by atoms with E-state index in [0.717, 1.165) is 17.5 Å². The molecule has 0 aliphatic heterocycles. The van der Waals surface area contributed by atoms with Crippen LogP contribution >= 0.6 is 0 Å². The van der Waals surface area contributed by atoms with Crippen molar-refractivity contribution in [3.8, 4) is 11.1 Å². The van der Waals surface area contributed by atoms with E-state index in [9.17, 15) is 19.8 Å². The van der Waals surface area contributed by atoms with Crippen LogP contribution in [0.1, 0.15) is 36.0 Å². The first-order valence-corrected chi connectivity index (χ1v) is 11.6. The number of hydrogen-bond donors (Lipinski definition) is 3. The third kappa shape index (κ3) is 7.25. The number of carboxylic acid groups (broad SMARTS) is 1. The maximum absolute atomic E-state index is 12.8. The predicted molar refractivity (Wildman–Crippen MR) is 127 cm³/mol. The summed E-state index contributed by atoms with van der Waals surface area (Å²) in [6, 6.07) is 17.0. The minimum absolute atomic E-state index is 0.0191. The second-order valence-corrected chi connectivity index (χ2v) is 8.44. The van der Waals surface area contributed by atoms with Gasteiger partial charge in [0.15, 0.2) is 0 Å². The molecule has 7 heteroatoms. The molecule has 0 bridgehead atoms. The van der Waals surface area contributed by atoms with Gasteiger partial charge < -0.3 is 24.8 Å². The minimum atomic E-state index is -0.997. The molecule has 2 aromatic carbocycles. The van der Waals surface area contributed by atoms with Gasteiger partial charge in [-0.25, -0.2) is 4.79 Å². The van der Waals surface area contributed by atoms with Gasteiger partial charge in [-0.15, -0.1) is 0 Å². The number of esters is 1. The van der Waals surface area contributed by atoms with Crippen molar-refractivity contribution >= 4 is 11.9 Å². The van der Waals surface area contributed by atoms with Crippen LogP contribution in [-0.2, 0) is 14.3 Å². The lowest BCUT2D eigenvalue weighted by Gasteiger charge is -2.21. The summed E-state index contributed by atoms with van der Waals surface area (Å²) in [5.74, 6) is -2.42. The number of carboxylic acids is 1. The van der Waals surface area contributed by atoms with Crippen molar-refractivity contribution in [3.63, 3.8) is 0 Å². The van der Waals surface area contributed by atoms with E-state index in [1.54, 1.807) is 12.1 Å². The average Bonchev–Trinajstić information content (AvgIpc) is 3.12. The van der Waals surface area contributed by atoms with Crippen LogP contribution in [0.4, 0.5) is 0 Å². The Balaban J connectivity index is 1.65. The average molecular weight is 469 g/mol. The zero-order valence-corrected chi connectivity index (χ0v) is 19.1. The molecule has 1 saturated carbocycles. The molecule has 4 atom stereocenters. The number of rotatable bonds is 12. The molecule has 0 spiro atoms. The topological polar surface area (TPSA) is 113 Å². The summed E-state index contributed by atoms with van der Waals surface area (Å²) in [5, 5.41) is 28.5. The summed E-state index contributed by atoms with van der Waals surface area (Å²) in [4.78, 5) is 24.2. The molecule has 0 radical (unpaired) electrons. The van der Waals surface area contributed by atoms with Crippen LogP contribution in [0.3, 0.4) is 0 Å². The highest BCUT2D eigenvalue weighted by molar-refractivity contribution is 5.90. The van der Waals surface area contributed by atoms with Crippen molar-refractivity contribution in [3.05, 3.63) is 72.3 Å². The van der Waals surface area contributed by atoms with E-state index in [4.69, 9.17) is 14.6 Å². The highest BCUT2D eigenvalue weighted by atomic mass is 16.5. The van der Waals surface area contributed by atoms with E-state index in [1.807, 2.05) is 54.6 Å². The Morgan fingerprint density at radius 3 is 2.38 bits per heavy atom. The maximum Gasteiger partial charge on any atom is 0.338 e. The Bertz CT molecular complexity index is 939. The number of aliphatic carboxylic acids is 1. The molecule has 3 N–H and O–H groups in total. The van der Waals surface area contributed by atoms with Crippen molar-refractivity contribution in [2.75, 3.05) is 19.8 Å². The molecule has 0 amide bonds. The second kappa shape index (κ2) is 13.0. The fraction of sp³-hybridized carbons (Fsp3) is 0.407. The number of ether oxygens (including phenoxy) is 2. The zero-order valence-electron chi connectivity index (χ0n) is 19.1. The number of unbranched alkanes of at least 4 members (excludes halogenated alkanes) is 1. The Labute approximate surface area is 199 Å². The van der Waals surface area contributed by atoms with Crippen LogP contribution in [0.5, 0.6) is 0 Å². The van der Waals surface area contributed by atoms with Gasteiger partial charge in [0.1, 0.15) is 6.10 Å². The van der Waals surface area contributed by atoms with Crippen LogP contribution < -0.4 is 0 Å². The van der Waals surface area contributed by atoms with Crippen molar-refractivity contribution in [2.24, 2.45) is 11.8 Å². The molecule has 0 unspecified atom stereocenters. The third-order valence-electron chi connectivity index (χ3n) is 6.04. The van der Waals surface area contributed by atoms with Crippen LogP contribution in [-0.4, -0.2) is 59.3 Å². The Morgan fingerprint density at radius 1 is 1.00 bits per heavy atom. The number of carbonyl (C=O) groups excluding carboxylic acids is 1. The van der Waals surface area contributed by atoms with E-state index in [0.29, 0.717) is 25.2 Å². The van der Waals surface area contributed by atoms with Gasteiger partial charge in [0.25, 0.3) is 0 Å². The van der Waals surface area contributed by atoms with Gasteiger partial charge >= 0.3 is 11.9 Å². The SMILES string of the molecule is O=C(O)C[C@@H]1[C@@H](C=CCCCOCCO)[C@@H](OC(=O)c2ccc(-c3ccccc3)cc2)C[C@@H]1O. The lowest BCUT2D eigenvalue weighted by molar-refractivity contribution is -0.139. The van der Waals surface area contributed by atoms with E-state index < -0.39 is 36.0 Å². The standard InChI is InChI=1S/C27H32O7/c28-14-16-33-15-6-2-5-9-22-23(17-26(30)31)24(29)18-25(22)34-27(32)21-12-10-20(11-13-21)19-7-3-1-4-8-19/h1,3-5,7-13,22-25,28-29H,2,6,14-18H2,(H,30,31)/t22-,23-,24+,25+/m1/s1.